The minimum absolute atomic E-state index is 0.369. The first-order valence-corrected chi connectivity index (χ1v) is 12.0. The predicted molar refractivity (Wildman–Crippen MR) is 135 cm³/mol. The van der Waals surface area contributed by atoms with E-state index in [1.54, 1.807) is 31.3 Å². The van der Waals surface area contributed by atoms with Gasteiger partial charge in [-0.2, -0.15) is 0 Å². The third-order valence-corrected chi connectivity index (χ3v) is 6.30. The number of carbonyl (C=O) groups is 1. The lowest BCUT2D eigenvalue weighted by Crippen LogP contribution is -2.35. The molecule has 1 unspecified atom stereocenters. The predicted octanol–water partition coefficient (Wildman–Crippen LogP) is 6.37. The summed E-state index contributed by atoms with van der Waals surface area (Å²) in [4.78, 5) is 23.5. The molecule has 0 saturated carbocycles. The van der Waals surface area contributed by atoms with Crippen molar-refractivity contribution in [1.82, 2.24) is 9.97 Å². The molecular weight excluding hydrogens is 446 g/mol. The Balaban J connectivity index is 1.73. The van der Waals surface area contributed by atoms with Gasteiger partial charge in [-0.1, -0.05) is 33.3 Å². The van der Waals surface area contributed by atoms with Crippen LogP contribution in [0, 0.1) is 5.92 Å². The molecule has 8 nitrogen and oxygen atoms in total. The zero-order valence-electron chi connectivity index (χ0n) is 21.0. The Morgan fingerprint density at radius 1 is 1.09 bits per heavy atom. The molecule has 1 fully saturated rings. The molecule has 1 saturated heterocycles. The zero-order chi connectivity index (χ0) is 25.0. The number of hydrogen-bond acceptors (Lipinski definition) is 7. The lowest BCUT2D eigenvalue weighted by molar-refractivity contribution is 0.0374. The normalized spacial score (nSPS) is 17.7. The monoisotopic (exact) mass is 479 g/mol. The summed E-state index contributed by atoms with van der Waals surface area (Å²) < 4.78 is 23.1. The van der Waals surface area contributed by atoms with Crippen molar-refractivity contribution < 1.29 is 23.7 Å². The van der Waals surface area contributed by atoms with Crippen molar-refractivity contribution in [3.05, 3.63) is 42.7 Å². The van der Waals surface area contributed by atoms with Crippen LogP contribution in [0.1, 0.15) is 46.5 Å². The lowest BCUT2D eigenvalue weighted by Gasteiger charge is -2.27. The van der Waals surface area contributed by atoms with E-state index in [4.69, 9.17) is 18.9 Å². The van der Waals surface area contributed by atoms with Crippen molar-refractivity contribution in [2.24, 2.45) is 5.92 Å². The van der Waals surface area contributed by atoms with Gasteiger partial charge in [0.05, 0.1) is 37.4 Å². The van der Waals surface area contributed by atoms with E-state index in [2.05, 4.69) is 30.7 Å². The molecule has 3 aromatic rings. The zero-order valence-corrected chi connectivity index (χ0v) is 21.0. The maximum absolute atomic E-state index is 13.1. The highest BCUT2D eigenvalue weighted by molar-refractivity contribution is 5.97. The van der Waals surface area contributed by atoms with Crippen molar-refractivity contribution in [3.8, 4) is 23.1 Å². The molecule has 0 aliphatic carbocycles. The number of fused-ring (bicyclic) bond motifs is 1. The smallest absolute Gasteiger partial charge is 0.415 e. The molecule has 8 heteroatoms. The number of nitrogens with zero attached hydrogens (tertiary/aromatic N) is 3. The summed E-state index contributed by atoms with van der Waals surface area (Å²) >= 11 is 0. The van der Waals surface area contributed by atoms with Gasteiger partial charge < -0.3 is 18.9 Å². The van der Waals surface area contributed by atoms with E-state index in [1.807, 2.05) is 24.3 Å². The number of rotatable bonds is 10. The molecule has 1 aliphatic rings. The van der Waals surface area contributed by atoms with E-state index in [0.29, 0.717) is 52.2 Å². The van der Waals surface area contributed by atoms with E-state index in [9.17, 15) is 4.79 Å². The number of ether oxygens (including phenoxy) is 4. The third-order valence-electron chi connectivity index (χ3n) is 6.30. The van der Waals surface area contributed by atoms with Gasteiger partial charge in [0, 0.05) is 12.1 Å². The Morgan fingerprint density at radius 3 is 2.60 bits per heavy atom. The quantitative estimate of drug-likeness (QED) is 0.334. The summed E-state index contributed by atoms with van der Waals surface area (Å²) in [6.45, 7) is 6.95. The summed E-state index contributed by atoms with van der Waals surface area (Å²) in [5.41, 5.74) is 0.743. The maximum Gasteiger partial charge on any atom is 0.415 e. The molecule has 2 aromatic carbocycles. The molecule has 35 heavy (non-hydrogen) atoms. The molecule has 186 valence electrons. The van der Waals surface area contributed by atoms with Crippen LogP contribution >= 0.6 is 0 Å². The molecule has 0 N–H and O–H groups in total. The minimum atomic E-state index is -0.511. The van der Waals surface area contributed by atoms with Gasteiger partial charge in [-0.25, -0.2) is 14.8 Å². The summed E-state index contributed by atoms with van der Waals surface area (Å²) in [6.07, 6.45) is 4.63. The minimum Gasteiger partial charge on any atom is -0.497 e. The van der Waals surface area contributed by atoms with E-state index >= 15 is 0 Å². The van der Waals surface area contributed by atoms with Gasteiger partial charge in [-0.15, -0.1) is 0 Å². The van der Waals surface area contributed by atoms with E-state index in [0.717, 1.165) is 25.7 Å². The molecule has 1 aromatic heterocycles. The second-order valence-electron chi connectivity index (χ2n) is 9.32. The fraction of sp³-hybridized carbons (Fsp3) is 0.444. The number of carbonyl (C=O) groups excluding carboxylic acids is 1. The van der Waals surface area contributed by atoms with E-state index < -0.39 is 5.60 Å². The van der Waals surface area contributed by atoms with Crippen molar-refractivity contribution in [2.45, 2.75) is 52.1 Å². The number of aromatic nitrogens is 2. The van der Waals surface area contributed by atoms with Crippen molar-refractivity contribution in [2.75, 3.05) is 25.7 Å². The van der Waals surface area contributed by atoms with E-state index in [-0.39, 0.29) is 6.09 Å². The number of anilines is 1. The Bertz CT molecular complexity index is 1200. The van der Waals surface area contributed by atoms with Gasteiger partial charge in [-0.3, -0.25) is 4.90 Å². The highest BCUT2D eigenvalue weighted by Gasteiger charge is 2.45. The number of hydrogen-bond donors (Lipinski definition) is 0. The van der Waals surface area contributed by atoms with Crippen LogP contribution in [0.5, 0.6) is 23.1 Å². The van der Waals surface area contributed by atoms with Crippen LogP contribution in [0.15, 0.2) is 42.7 Å². The van der Waals surface area contributed by atoms with Crippen LogP contribution < -0.4 is 19.1 Å². The van der Waals surface area contributed by atoms with Gasteiger partial charge in [0.25, 0.3) is 0 Å². The molecule has 2 heterocycles. The summed E-state index contributed by atoms with van der Waals surface area (Å²) in [7, 11) is 3.19. The summed E-state index contributed by atoms with van der Waals surface area (Å²) in [5.74, 6) is 2.70. The number of cyclic esters (lactones) is 1. The van der Waals surface area contributed by atoms with Crippen LogP contribution in [0.4, 0.5) is 10.5 Å². The largest absolute Gasteiger partial charge is 0.497 e. The van der Waals surface area contributed by atoms with Gasteiger partial charge in [-0.05, 0) is 43.4 Å². The van der Waals surface area contributed by atoms with Crippen LogP contribution in [0.2, 0.25) is 0 Å². The Labute approximate surface area is 206 Å². The highest BCUT2D eigenvalue weighted by atomic mass is 16.6. The number of methoxy groups -OCH3 is 2. The first-order chi connectivity index (χ1) is 16.9. The van der Waals surface area contributed by atoms with Gasteiger partial charge >= 0.3 is 6.09 Å². The topological polar surface area (TPSA) is 83.0 Å². The highest BCUT2D eigenvalue weighted by Crippen LogP contribution is 2.42. The standard InChI is InChI=1S/C27H33N3O5/c1-6-11-27(12-10-18(2)3)16-30(26(31)35-27)23-14-21-22(15-24(23)33-5)28-17-29-25(21)34-20-9-7-8-19(13-20)32-4/h7-9,13-15,17-18H,6,10-12,16H2,1-5H3. The molecule has 1 atom stereocenters. The van der Waals surface area contributed by atoms with Crippen LogP contribution in [-0.2, 0) is 4.74 Å². The van der Waals surface area contributed by atoms with Crippen LogP contribution in [0.3, 0.4) is 0 Å². The number of amides is 1. The van der Waals surface area contributed by atoms with Crippen molar-refractivity contribution >= 4 is 22.7 Å². The summed E-state index contributed by atoms with van der Waals surface area (Å²) in [5, 5.41) is 0.661. The molecule has 1 amide bonds. The lowest BCUT2D eigenvalue weighted by atomic mass is 9.89. The Morgan fingerprint density at radius 2 is 1.89 bits per heavy atom. The summed E-state index contributed by atoms with van der Waals surface area (Å²) in [6, 6.07) is 10.9. The molecule has 4 rings (SSSR count). The van der Waals surface area contributed by atoms with Crippen molar-refractivity contribution in [1.29, 1.82) is 0 Å². The molecular formula is C27H33N3O5. The van der Waals surface area contributed by atoms with Gasteiger partial charge in [0.15, 0.2) is 0 Å². The average molecular weight is 480 g/mol. The molecule has 0 radical (unpaired) electrons. The van der Waals surface area contributed by atoms with Crippen LogP contribution in [0.25, 0.3) is 10.9 Å². The first-order valence-electron chi connectivity index (χ1n) is 12.0. The fourth-order valence-electron chi connectivity index (χ4n) is 4.48. The second-order valence-corrected chi connectivity index (χ2v) is 9.32. The average Bonchev–Trinajstić information content (AvgIpc) is 3.18. The van der Waals surface area contributed by atoms with Gasteiger partial charge in [0.2, 0.25) is 5.88 Å². The van der Waals surface area contributed by atoms with Crippen molar-refractivity contribution in [3.63, 3.8) is 0 Å². The molecule has 1 aliphatic heterocycles. The number of benzene rings is 2. The van der Waals surface area contributed by atoms with E-state index in [1.165, 1.54) is 6.33 Å². The SMILES string of the molecule is CCCC1(CCC(C)C)CN(c2cc3c(Oc4cccc(OC)c4)ncnc3cc2OC)C(=O)O1. The molecule has 0 spiro atoms. The Hall–Kier alpha value is -3.55. The Kier molecular flexibility index (Phi) is 7.28. The maximum atomic E-state index is 13.1. The van der Waals surface area contributed by atoms with Gasteiger partial charge in [0.1, 0.15) is 29.2 Å². The fourth-order valence-corrected chi connectivity index (χ4v) is 4.48. The third kappa shape index (κ3) is 5.26. The first kappa shape index (κ1) is 24.6. The second kappa shape index (κ2) is 10.4. The van der Waals surface area contributed by atoms with Crippen LogP contribution in [-0.4, -0.2) is 42.4 Å². The molecule has 0 bridgehead atoms.